The summed E-state index contributed by atoms with van der Waals surface area (Å²) < 4.78 is 16.7. The summed E-state index contributed by atoms with van der Waals surface area (Å²) in [6.07, 6.45) is 48.8. The van der Waals surface area contributed by atoms with Gasteiger partial charge in [0.05, 0.1) is 0 Å². The molecule has 0 aromatic rings. The number of unbranched alkanes of at least 4 members (excludes halogenated alkanes) is 28. The fourth-order valence-electron chi connectivity index (χ4n) is 6.82. The lowest BCUT2D eigenvalue weighted by Crippen LogP contribution is -2.30. The summed E-state index contributed by atoms with van der Waals surface area (Å²) >= 11 is 0. The van der Waals surface area contributed by atoms with Gasteiger partial charge in [-0.2, -0.15) is 0 Å². The van der Waals surface area contributed by atoms with Crippen LogP contribution in [-0.4, -0.2) is 37.2 Å². The first-order valence-electron chi connectivity index (χ1n) is 23.8. The molecule has 0 N–H and O–H groups in total. The van der Waals surface area contributed by atoms with E-state index in [9.17, 15) is 14.4 Å². The fraction of sp³-hybridized carbons (Fsp3) is 0.857. The molecule has 0 bridgehead atoms. The van der Waals surface area contributed by atoms with E-state index in [-0.39, 0.29) is 31.1 Å². The van der Waals surface area contributed by atoms with Crippen molar-refractivity contribution >= 4 is 17.9 Å². The summed E-state index contributed by atoms with van der Waals surface area (Å²) in [5.74, 6) is -0.877. The Labute approximate surface area is 341 Å². The highest BCUT2D eigenvalue weighted by atomic mass is 16.6. The van der Waals surface area contributed by atoms with E-state index in [2.05, 4.69) is 45.1 Å². The summed E-state index contributed by atoms with van der Waals surface area (Å²) in [5, 5.41) is 0. The molecule has 6 nitrogen and oxygen atoms in total. The van der Waals surface area contributed by atoms with Gasteiger partial charge in [0, 0.05) is 19.3 Å². The zero-order valence-electron chi connectivity index (χ0n) is 36.7. The molecule has 0 aromatic carbocycles. The summed E-state index contributed by atoms with van der Waals surface area (Å²) in [7, 11) is 0. The first kappa shape index (κ1) is 52.9. The van der Waals surface area contributed by atoms with Crippen LogP contribution in [0, 0.1) is 0 Å². The van der Waals surface area contributed by atoms with Crippen molar-refractivity contribution in [1.82, 2.24) is 0 Å². The molecule has 0 amide bonds. The van der Waals surface area contributed by atoms with Crippen LogP contribution in [0.5, 0.6) is 0 Å². The minimum Gasteiger partial charge on any atom is -0.462 e. The first-order valence-corrected chi connectivity index (χ1v) is 23.8. The van der Waals surface area contributed by atoms with Crippen LogP contribution in [0.2, 0.25) is 0 Å². The van der Waals surface area contributed by atoms with E-state index < -0.39 is 6.10 Å². The monoisotopic (exact) mass is 775 g/mol. The van der Waals surface area contributed by atoms with E-state index in [1.165, 1.54) is 141 Å². The summed E-state index contributed by atoms with van der Waals surface area (Å²) in [4.78, 5) is 37.7. The van der Waals surface area contributed by atoms with Gasteiger partial charge < -0.3 is 14.2 Å². The topological polar surface area (TPSA) is 78.9 Å². The predicted octanol–water partition coefficient (Wildman–Crippen LogP) is 15.2. The Bertz CT molecular complexity index is 896. The van der Waals surface area contributed by atoms with E-state index >= 15 is 0 Å². The van der Waals surface area contributed by atoms with Gasteiger partial charge in [0.15, 0.2) is 6.10 Å². The van der Waals surface area contributed by atoms with Gasteiger partial charge in [-0.3, -0.25) is 14.4 Å². The van der Waals surface area contributed by atoms with Crippen LogP contribution in [0.3, 0.4) is 0 Å². The predicted molar refractivity (Wildman–Crippen MR) is 233 cm³/mol. The van der Waals surface area contributed by atoms with Crippen LogP contribution in [0.25, 0.3) is 0 Å². The molecule has 0 radical (unpaired) electrons. The number of allylic oxidation sites excluding steroid dienone is 4. The van der Waals surface area contributed by atoms with Crippen LogP contribution in [0.4, 0.5) is 0 Å². The molecule has 322 valence electrons. The summed E-state index contributed by atoms with van der Waals surface area (Å²) in [6.45, 7) is 6.57. The Balaban J connectivity index is 4.26. The van der Waals surface area contributed by atoms with Crippen LogP contribution in [-0.2, 0) is 28.6 Å². The van der Waals surface area contributed by atoms with E-state index in [1.54, 1.807) is 0 Å². The molecule has 1 unspecified atom stereocenters. The van der Waals surface area contributed by atoms with Crippen molar-refractivity contribution in [2.24, 2.45) is 0 Å². The van der Waals surface area contributed by atoms with E-state index in [0.29, 0.717) is 19.3 Å². The van der Waals surface area contributed by atoms with Crippen molar-refractivity contribution in [2.75, 3.05) is 13.2 Å². The smallest absolute Gasteiger partial charge is 0.306 e. The highest BCUT2D eigenvalue weighted by molar-refractivity contribution is 5.71. The van der Waals surface area contributed by atoms with Gasteiger partial charge in [0.1, 0.15) is 13.2 Å². The Hall–Kier alpha value is -2.11. The Morgan fingerprint density at radius 1 is 0.364 bits per heavy atom. The van der Waals surface area contributed by atoms with Crippen molar-refractivity contribution in [1.29, 1.82) is 0 Å². The molecule has 0 rings (SSSR count). The van der Waals surface area contributed by atoms with Gasteiger partial charge in [-0.05, 0) is 51.4 Å². The summed E-state index contributed by atoms with van der Waals surface area (Å²) in [6, 6.07) is 0. The average molecular weight is 775 g/mol. The maximum absolute atomic E-state index is 12.7. The standard InChI is InChI=1S/C49H90O6/c1-4-7-10-13-16-18-20-22-23-24-25-27-28-30-33-36-39-42-48(51)54-45-46(44-53-47(50)41-38-35-32-15-12-9-6-3)55-49(52)43-40-37-34-31-29-26-21-19-17-14-11-8-5-2/h16,18,22-23,46H,4-15,17,19-21,24-45H2,1-3H3/b18-16-,23-22-. The quantitative estimate of drug-likeness (QED) is 0.0266. The molecule has 0 aromatic heterocycles. The minimum atomic E-state index is -0.765. The van der Waals surface area contributed by atoms with Gasteiger partial charge in [-0.1, -0.05) is 206 Å². The van der Waals surface area contributed by atoms with Crippen LogP contribution < -0.4 is 0 Å². The molecular formula is C49H90O6. The number of carbonyl (C=O) groups excluding carboxylic acids is 3. The molecule has 6 heteroatoms. The lowest BCUT2D eigenvalue weighted by Gasteiger charge is -2.18. The zero-order chi connectivity index (χ0) is 40.1. The van der Waals surface area contributed by atoms with Gasteiger partial charge >= 0.3 is 17.9 Å². The second-order valence-corrected chi connectivity index (χ2v) is 16.0. The second kappa shape index (κ2) is 44.6. The third kappa shape index (κ3) is 42.9. The number of rotatable bonds is 43. The normalized spacial score (nSPS) is 12.1. The number of esters is 3. The molecule has 1 atom stereocenters. The maximum atomic E-state index is 12.7. The van der Waals surface area contributed by atoms with Crippen molar-refractivity contribution in [3.63, 3.8) is 0 Å². The highest BCUT2D eigenvalue weighted by Gasteiger charge is 2.19. The average Bonchev–Trinajstić information content (AvgIpc) is 3.18. The molecule has 0 saturated carbocycles. The molecule has 0 fully saturated rings. The highest BCUT2D eigenvalue weighted by Crippen LogP contribution is 2.15. The Morgan fingerprint density at radius 3 is 1.04 bits per heavy atom. The van der Waals surface area contributed by atoms with Gasteiger partial charge in [0.25, 0.3) is 0 Å². The van der Waals surface area contributed by atoms with Crippen molar-refractivity contribution in [3.05, 3.63) is 24.3 Å². The third-order valence-electron chi connectivity index (χ3n) is 10.5. The largest absolute Gasteiger partial charge is 0.462 e. The fourth-order valence-corrected chi connectivity index (χ4v) is 6.82. The molecule has 0 heterocycles. The van der Waals surface area contributed by atoms with Gasteiger partial charge in [-0.25, -0.2) is 0 Å². The van der Waals surface area contributed by atoms with E-state index in [1.807, 2.05) is 0 Å². The third-order valence-corrected chi connectivity index (χ3v) is 10.5. The Kier molecular flexibility index (Phi) is 42.9. The number of hydrogen-bond donors (Lipinski definition) is 0. The lowest BCUT2D eigenvalue weighted by atomic mass is 10.0. The molecule has 55 heavy (non-hydrogen) atoms. The molecule has 0 spiro atoms. The van der Waals surface area contributed by atoms with Crippen molar-refractivity contribution < 1.29 is 28.6 Å². The van der Waals surface area contributed by atoms with Gasteiger partial charge in [-0.15, -0.1) is 0 Å². The second-order valence-electron chi connectivity index (χ2n) is 16.0. The number of ether oxygens (including phenoxy) is 3. The van der Waals surface area contributed by atoms with Crippen LogP contribution in [0.1, 0.15) is 252 Å². The zero-order valence-corrected chi connectivity index (χ0v) is 36.7. The first-order chi connectivity index (χ1) is 27.0. The van der Waals surface area contributed by atoms with Gasteiger partial charge in [0.2, 0.25) is 0 Å². The van der Waals surface area contributed by atoms with Crippen LogP contribution >= 0.6 is 0 Å². The van der Waals surface area contributed by atoms with E-state index in [0.717, 1.165) is 70.6 Å². The number of hydrogen-bond acceptors (Lipinski definition) is 6. The molecular weight excluding hydrogens is 685 g/mol. The molecule has 0 saturated heterocycles. The van der Waals surface area contributed by atoms with Crippen LogP contribution in [0.15, 0.2) is 24.3 Å². The van der Waals surface area contributed by atoms with Crippen molar-refractivity contribution in [3.8, 4) is 0 Å². The summed E-state index contributed by atoms with van der Waals surface area (Å²) in [5.41, 5.74) is 0. The molecule has 0 aliphatic rings. The van der Waals surface area contributed by atoms with Crippen molar-refractivity contribution in [2.45, 2.75) is 258 Å². The Morgan fingerprint density at radius 2 is 0.655 bits per heavy atom. The lowest BCUT2D eigenvalue weighted by molar-refractivity contribution is -0.167. The molecule has 0 aliphatic carbocycles. The molecule has 0 aliphatic heterocycles. The number of carbonyl (C=O) groups is 3. The van der Waals surface area contributed by atoms with E-state index in [4.69, 9.17) is 14.2 Å². The maximum Gasteiger partial charge on any atom is 0.306 e. The minimum absolute atomic E-state index is 0.0705. The SMILES string of the molecule is CCCCC/C=C\C/C=C\CCCCCCCCCC(=O)OCC(COC(=O)CCCCCCCCC)OC(=O)CCCCCCCCCCCCCCC.